The van der Waals surface area contributed by atoms with E-state index in [1.807, 2.05) is 54.6 Å². The second-order valence-electron chi connectivity index (χ2n) is 8.25. The van der Waals surface area contributed by atoms with Crippen LogP contribution >= 0.6 is 0 Å². The fourth-order valence-electron chi connectivity index (χ4n) is 4.00. The Bertz CT molecular complexity index is 1570. The Morgan fingerprint density at radius 1 is 0.865 bits per heavy atom. The molecule has 0 atom stereocenters. The van der Waals surface area contributed by atoms with Gasteiger partial charge in [0.1, 0.15) is 17.9 Å². The predicted molar refractivity (Wildman–Crippen MR) is 144 cm³/mol. The fourth-order valence-corrected chi connectivity index (χ4v) is 4.00. The highest BCUT2D eigenvalue weighted by Gasteiger charge is 2.09. The molecule has 184 valence electrons. The molecule has 1 heterocycles. The van der Waals surface area contributed by atoms with Crippen molar-refractivity contribution in [3.8, 4) is 17.2 Å². The minimum atomic E-state index is -0.383. The van der Waals surface area contributed by atoms with Crippen molar-refractivity contribution in [1.82, 2.24) is 10.4 Å². The van der Waals surface area contributed by atoms with Crippen LogP contribution in [-0.2, 0) is 11.4 Å². The summed E-state index contributed by atoms with van der Waals surface area (Å²) in [6, 6.07) is 29.2. The number of rotatable bonds is 9. The fraction of sp³-hybridized carbons (Fsp3) is 0.100. The van der Waals surface area contributed by atoms with E-state index in [4.69, 9.17) is 14.2 Å². The van der Waals surface area contributed by atoms with Gasteiger partial charge in [-0.3, -0.25) is 9.78 Å². The molecule has 7 nitrogen and oxygen atoms in total. The van der Waals surface area contributed by atoms with E-state index in [1.165, 1.54) is 11.6 Å². The van der Waals surface area contributed by atoms with Crippen LogP contribution in [0.1, 0.15) is 11.1 Å². The summed E-state index contributed by atoms with van der Waals surface area (Å²) in [6.45, 7) is 0.227. The van der Waals surface area contributed by atoms with E-state index in [-0.39, 0.29) is 12.5 Å². The summed E-state index contributed by atoms with van der Waals surface area (Å²) in [5.41, 5.74) is 5.02. The molecule has 1 amide bonds. The standard InChI is InChI=1S/C30H25N3O4/c1-35-28-17-21(14-15-26(28)36-19-24-10-4-8-22-7-2-3-12-25(22)24)18-32-33-29(34)20-37-27-13-5-9-23-11-6-16-31-30(23)27/h2-18H,19-20H2,1H3,(H,33,34)/b32-18-. The number of hydrogen-bond acceptors (Lipinski definition) is 6. The smallest absolute Gasteiger partial charge is 0.277 e. The van der Waals surface area contributed by atoms with Gasteiger partial charge >= 0.3 is 0 Å². The van der Waals surface area contributed by atoms with Crippen LogP contribution < -0.4 is 19.6 Å². The van der Waals surface area contributed by atoms with Crippen LogP contribution in [0.2, 0.25) is 0 Å². The third kappa shape index (κ3) is 5.67. The van der Waals surface area contributed by atoms with Crippen LogP contribution in [-0.4, -0.2) is 30.8 Å². The number of aromatic nitrogens is 1. The molecule has 0 aliphatic carbocycles. The number of para-hydroxylation sites is 1. The maximum Gasteiger partial charge on any atom is 0.277 e. The average molecular weight is 492 g/mol. The molecule has 5 rings (SSSR count). The van der Waals surface area contributed by atoms with E-state index in [1.54, 1.807) is 25.4 Å². The molecule has 0 fully saturated rings. The molecule has 37 heavy (non-hydrogen) atoms. The van der Waals surface area contributed by atoms with Crippen molar-refractivity contribution in [2.45, 2.75) is 6.61 Å². The first-order chi connectivity index (χ1) is 18.2. The Kier molecular flexibility index (Phi) is 7.22. The first kappa shape index (κ1) is 23.8. The highest BCUT2D eigenvalue weighted by molar-refractivity contribution is 5.87. The van der Waals surface area contributed by atoms with Crippen LogP contribution in [0.15, 0.2) is 102 Å². The van der Waals surface area contributed by atoms with Crippen LogP contribution in [0.5, 0.6) is 17.2 Å². The number of amides is 1. The maximum absolute atomic E-state index is 12.2. The number of carbonyl (C=O) groups is 1. The van der Waals surface area contributed by atoms with Crippen LogP contribution in [0.4, 0.5) is 0 Å². The normalized spacial score (nSPS) is 11.1. The third-order valence-corrected chi connectivity index (χ3v) is 5.81. The SMILES string of the molecule is COc1cc(/C=N\NC(=O)COc2cccc3cccnc23)ccc1OCc1cccc2ccccc12. The molecule has 0 aliphatic heterocycles. The van der Waals surface area contributed by atoms with Crippen molar-refractivity contribution >= 4 is 33.8 Å². The zero-order valence-electron chi connectivity index (χ0n) is 20.3. The van der Waals surface area contributed by atoms with E-state index in [2.05, 4.69) is 39.8 Å². The number of pyridine rings is 1. The molecule has 0 aliphatic rings. The summed E-state index contributed by atoms with van der Waals surface area (Å²) in [5.74, 6) is 1.35. The molecule has 5 aromatic rings. The van der Waals surface area contributed by atoms with Crippen molar-refractivity contribution in [3.05, 3.63) is 108 Å². The molecule has 0 bridgehead atoms. The Hall–Kier alpha value is -4.91. The number of hydrazone groups is 1. The lowest BCUT2D eigenvalue weighted by Gasteiger charge is -2.12. The number of nitrogens with zero attached hydrogens (tertiary/aromatic N) is 2. The molecular formula is C30H25N3O4. The lowest BCUT2D eigenvalue weighted by Crippen LogP contribution is -2.24. The summed E-state index contributed by atoms with van der Waals surface area (Å²) in [7, 11) is 1.59. The van der Waals surface area contributed by atoms with Gasteiger partial charge in [0.25, 0.3) is 5.91 Å². The summed E-state index contributed by atoms with van der Waals surface area (Å²) < 4.78 is 17.2. The predicted octanol–water partition coefficient (Wildman–Crippen LogP) is 5.50. The first-order valence-corrected chi connectivity index (χ1v) is 11.8. The monoisotopic (exact) mass is 491 g/mol. The minimum absolute atomic E-state index is 0.183. The van der Waals surface area contributed by atoms with Gasteiger partial charge in [0.15, 0.2) is 18.1 Å². The molecule has 0 unspecified atom stereocenters. The number of benzene rings is 4. The lowest BCUT2D eigenvalue weighted by molar-refractivity contribution is -0.123. The number of nitrogens with one attached hydrogen (secondary N) is 1. The van der Waals surface area contributed by atoms with Gasteiger partial charge in [-0.25, -0.2) is 5.43 Å². The summed E-state index contributed by atoms with van der Waals surface area (Å²) >= 11 is 0. The number of methoxy groups -OCH3 is 1. The first-order valence-electron chi connectivity index (χ1n) is 11.8. The molecular weight excluding hydrogens is 466 g/mol. The lowest BCUT2D eigenvalue weighted by atomic mass is 10.1. The number of ether oxygens (including phenoxy) is 3. The Balaban J connectivity index is 1.18. The zero-order chi connectivity index (χ0) is 25.5. The Morgan fingerprint density at radius 2 is 1.68 bits per heavy atom. The Morgan fingerprint density at radius 3 is 2.59 bits per heavy atom. The molecule has 1 aromatic heterocycles. The van der Waals surface area contributed by atoms with Crippen molar-refractivity contribution < 1.29 is 19.0 Å². The molecule has 0 saturated carbocycles. The van der Waals surface area contributed by atoms with Gasteiger partial charge in [0, 0.05) is 11.6 Å². The van der Waals surface area contributed by atoms with Crippen LogP contribution in [0.25, 0.3) is 21.7 Å². The molecule has 0 saturated heterocycles. The van der Waals surface area contributed by atoms with Gasteiger partial charge < -0.3 is 14.2 Å². The largest absolute Gasteiger partial charge is 0.493 e. The zero-order valence-corrected chi connectivity index (χ0v) is 20.3. The van der Waals surface area contributed by atoms with Gasteiger partial charge in [-0.2, -0.15) is 5.10 Å². The Labute approximate surface area is 214 Å². The van der Waals surface area contributed by atoms with Crippen LogP contribution in [0.3, 0.4) is 0 Å². The second kappa shape index (κ2) is 11.2. The number of carbonyl (C=O) groups excluding carboxylic acids is 1. The molecule has 4 aromatic carbocycles. The molecule has 1 N–H and O–H groups in total. The van der Waals surface area contributed by atoms with E-state index in [0.29, 0.717) is 29.4 Å². The third-order valence-electron chi connectivity index (χ3n) is 5.81. The number of hydrogen-bond donors (Lipinski definition) is 1. The topological polar surface area (TPSA) is 82.0 Å². The van der Waals surface area contributed by atoms with Gasteiger partial charge in [-0.1, -0.05) is 60.7 Å². The number of fused-ring (bicyclic) bond motifs is 2. The average Bonchev–Trinajstić information content (AvgIpc) is 2.95. The minimum Gasteiger partial charge on any atom is -0.493 e. The highest BCUT2D eigenvalue weighted by atomic mass is 16.5. The second-order valence-corrected chi connectivity index (χ2v) is 8.25. The highest BCUT2D eigenvalue weighted by Crippen LogP contribution is 2.29. The van der Waals surface area contributed by atoms with Crippen molar-refractivity contribution in [1.29, 1.82) is 0 Å². The summed E-state index contributed by atoms with van der Waals surface area (Å²) in [6.07, 6.45) is 3.22. The van der Waals surface area contributed by atoms with Crippen molar-refractivity contribution in [3.63, 3.8) is 0 Å². The summed E-state index contributed by atoms with van der Waals surface area (Å²) in [5, 5.41) is 7.30. The quantitative estimate of drug-likeness (QED) is 0.217. The van der Waals surface area contributed by atoms with E-state index in [9.17, 15) is 4.79 Å². The molecule has 0 spiro atoms. The van der Waals surface area contributed by atoms with Gasteiger partial charge in [0.2, 0.25) is 0 Å². The van der Waals surface area contributed by atoms with Crippen molar-refractivity contribution in [2.24, 2.45) is 5.10 Å². The van der Waals surface area contributed by atoms with E-state index in [0.717, 1.165) is 21.9 Å². The van der Waals surface area contributed by atoms with E-state index >= 15 is 0 Å². The van der Waals surface area contributed by atoms with Crippen molar-refractivity contribution in [2.75, 3.05) is 13.7 Å². The van der Waals surface area contributed by atoms with Gasteiger partial charge in [-0.05, 0) is 52.2 Å². The van der Waals surface area contributed by atoms with E-state index < -0.39 is 0 Å². The van der Waals surface area contributed by atoms with Gasteiger partial charge in [0.05, 0.1) is 13.3 Å². The summed E-state index contributed by atoms with van der Waals surface area (Å²) in [4.78, 5) is 16.5. The maximum atomic E-state index is 12.2. The molecule has 0 radical (unpaired) electrons. The van der Waals surface area contributed by atoms with Crippen LogP contribution in [0, 0.1) is 0 Å². The van der Waals surface area contributed by atoms with Gasteiger partial charge in [-0.15, -0.1) is 0 Å². The molecule has 7 heteroatoms.